The SMILES string of the molecule is C/C(C(=O)O)=C(\C)C(=O)NCc1ccc(C(=O)O)cc1. The summed E-state index contributed by atoms with van der Waals surface area (Å²) in [4.78, 5) is 33.1. The van der Waals surface area contributed by atoms with Gasteiger partial charge in [-0.1, -0.05) is 12.1 Å². The molecule has 0 atom stereocenters. The molecule has 0 bridgehead atoms. The second kappa shape index (κ2) is 6.51. The molecule has 0 unspecified atom stereocenters. The number of rotatable bonds is 5. The highest BCUT2D eigenvalue weighted by Crippen LogP contribution is 2.06. The normalized spacial score (nSPS) is 11.5. The lowest BCUT2D eigenvalue weighted by atomic mass is 10.1. The largest absolute Gasteiger partial charge is 0.478 e. The fraction of sp³-hybridized carbons (Fsp3) is 0.214. The highest BCUT2D eigenvalue weighted by molar-refractivity contribution is 6.01. The molecule has 1 aromatic rings. The van der Waals surface area contributed by atoms with Crippen molar-refractivity contribution in [2.45, 2.75) is 20.4 Å². The Morgan fingerprint density at radius 2 is 1.55 bits per heavy atom. The molecule has 1 rings (SSSR count). The first kappa shape index (κ1) is 15.4. The van der Waals surface area contributed by atoms with E-state index in [0.717, 1.165) is 5.56 Å². The maximum absolute atomic E-state index is 11.7. The van der Waals surface area contributed by atoms with Gasteiger partial charge in [-0.25, -0.2) is 9.59 Å². The summed E-state index contributed by atoms with van der Waals surface area (Å²) in [7, 11) is 0. The number of amides is 1. The van der Waals surface area contributed by atoms with E-state index in [-0.39, 0.29) is 23.3 Å². The molecule has 106 valence electrons. The van der Waals surface area contributed by atoms with Crippen molar-refractivity contribution in [3.8, 4) is 0 Å². The van der Waals surface area contributed by atoms with E-state index in [1.54, 1.807) is 12.1 Å². The van der Waals surface area contributed by atoms with Crippen molar-refractivity contribution in [2.75, 3.05) is 0 Å². The smallest absolute Gasteiger partial charge is 0.335 e. The van der Waals surface area contributed by atoms with Crippen molar-refractivity contribution in [1.29, 1.82) is 0 Å². The number of aromatic carboxylic acids is 1. The summed E-state index contributed by atoms with van der Waals surface area (Å²) < 4.78 is 0. The molecule has 0 saturated carbocycles. The molecule has 0 heterocycles. The molecule has 0 aromatic heterocycles. The zero-order chi connectivity index (χ0) is 15.3. The molecule has 0 aliphatic rings. The zero-order valence-electron chi connectivity index (χ0n) is 11.1. The van der Waals surface area contributed by atoms with Crippen LogP contribution in [0.5, 0.6) is 0 Å². The second-order valence-electron chi connectivity index (χ2n) is 4.24. The van der Waals surface area contributed by atoms with E-state index in [0.29, 0.717) is 0 Å². The van der Waals surface area contributed by atoms with Gasteiger partial charge in [0.2, 0.25) is 5.91 Å². The second-order valence-corrected chi connectivity index (χ2v) is 4.24. The summed E-state index contributed by atoms with van der Waals surface area (Å²) in [5.41, 5.74) is 1.02. The molecule has 1 amide bonds. The molecule has 1 aromatic carbocycles. The molecule has 0 aliphatic heterocycles. The molecule has 0 spiro atoms. The van der Waals surface area contributed by atoms with Gasteiger partial charge >= 0.3 is 11.9 Å². The lowest BCUT2D eigenvalue weighted by Crippen LogP contribution is -2.25. The predicted octanol–water partition coefficient (Wildman–Crippen LogP) is 1.42. The summed E-state index contributed by atoms with van der Waals surface area (Å²) >= 11 is 0. The third-order valence-corrected chi connectivity index (χ3v) is 2.88. The van der Waals surface area contributed by atoms with Crippen LogP contribution in [0.3, 0.4) is 0 Å². The first-order chi connectivity index (χ1) is 9.32. The van der Waals surface area contributed by atoms with E-state index >= 15 is 0 Å². The summed E-state index contributed by atoms with van der Waals surface area (Å²) in [5.74, 6) is -2.62. The van der Waals surface area contributed by atoms with E-state index in [1.807, 2.05) is 0 Å². The van der Waals surface area contributed by atoms with Crippen LogP contribution in [0.2, 0.25) is 0 Å². The van der Waals surface area contributed by atoms with Crippen molar-refractivity contribution < 1.29 is 24.6 Å². The molecule has 6 nitrogen and oxygen atoms in total. The van der Waals surface area contributed by atoms with Crippen LogP contribution in [-0.2, 0) is 16.1 Å². The van der Waals surface area contributed by atoms with Crippen molar-refractivity contribution >= 4 is 17.8 Å². The minimum Gasteiger partial charge on any atom is -0.478 e. The Balaban J connectivity index is 2.68. The number of aliphatic carboxylic acids is 1. The minimum absolute atomic E-state index is 0.0104. The maximum Gasteiger partial charge on any atom is 0.335 e. The van der Waals surface area contributed by atoms with Gasteiger partial charge in [0.25, 0.3) is 0 Å². The third-order valence-electron chi connectivity index (χ3n) is 2.88. The molecule has 0 radical (unpaired) electrons. The lowest BCUT2D eigenvalue weighted by molar-refractivity contribution is -0.133. The average molecular weight is 277 g/mol. The van der Waals surface area contributed by atoms with Gasteiger partial charge in [0, 0.05) is 17.7 Å². The van der Waals surface area contributed by atoms with Crippen LogP contribution in [0, 0.1) is 0 Å². The molecule has 0 aliphatic carbocycles. The maximum atomic E-state index is 11.7. The number of nitrogens with one attached hydrogen (secondary N) is 1. The molecule has 0 fully saturated rings. The Bertz CT molecular complexity index is 572. The van der Waals surface area contributed by atoms with Crippen molar-refractivity contribution in [3.05, 3.63) is 46.5 Å². The highest BCUT2D eigenvalue weighted by Gasteiger charge is 2.12. The Morgan fingerprint density at radius 1 is 1.00 bits per heavy atom. The third kappa shape index (κ3) is 3.94. The van der Waals surface area contributed by atoms with Crippen LogP contribution in [0.25, 0.3) is 0 Å². The van der Waals surface area contributed by atoms with Crippen LogP contribution in [0.1, 0.15) is 29.8 Å². The quantitative estimate of drug-likeness (QED) is 0.706. The van der Waals surface area contributed by atoms with Crippen LogP contribution in [-0.4, -0.2) is 28.1 Å². The van der Waals surface area contributed by atoms with Gasteiger partial charge in [-0.15, -0.1) is 0 Å². The van der Waals surface area contributed by atoms with Crippen LogP contribution in [0.15, 0.2) is 35.4 Å². The number of hydrogen-bond donors (Lipinski definition) is 3. The van der Waals surface area contributed by atoms with E-state index in [9.17, 15) is 14.4 Å². The lowest BCUT2D eigenvalue weighted by Gasteiger charge is -2.07. The summed E-state index contributed by atoms with van der Waals surface area (Å²) in [6.45, 7) is 2.99. The summed E-state index contributed by atoms with van der Waals surface area (Å²) in [6.07, 6.45) is 0. The molecule has 6 heteroatoms. The highest BCUT2D eigenvalue weighted by atomic mass is 16.4. The van der Waals surface area contributed by atoms with Gasteiger partial charge in [-0.05, 0) is 31.5 Å². The standard InChI is InChI=1S/C14H15NO5/c1-8(9(2)13(17)18)12(16)15-7-10-3-5-11(6-4-10)14(19)20/h3-6H,7H2,1-2H3,(H,15,16)(H,17,18)(H,19,20)/b9-8-. The predicted molar refractivity (Wildman–Crippen MR) is 71.3 cm³/mol. The fourth-order valence-electron chi connectivity index (χ4n) is 1.41. The fourth-order valence-corrected chi connectivity index (χ4v) is 1.41. The molecular weight excluding hydrogens is 262 g/mol. The Labute approximate surface area is 115 Å². The van der Waals surface area contributed by atoms with Gasteiger partial charge < -0.3 is 15.5 Å². The van der Waals surface area contributed by atoms with E-state index < -0.39 is 17.8 Å². The zero-order valence-corrected chi connectivity index (χ0v) is 11.1. The first-order valence-electron chi connectivity index (χ1n) is 5.84. The first-order valence-corrected chi connectivity index (χ1v) is 5.84. The molecule has 20 heavy (non-hydrogen) atoms. The van der Waals surface area contributed by atoms with Crippen molar-refractivity contribution in [3.63, 3.8) is 0 Å². The number of carboxylic acids is 2. The summed E-state index contributed by atoms with van der Waals surface area (Å²) in [5, 5.41) is 20.1. The topological polar surface area (TPSA) is 104 Å². The van der Waals surface area contributed by atoms with Crippen LogP contribution in [0.4, 0.5) is 0 Å². The van der Waals surface area contributed by atoms with E-state index in [1.165, 1.54) is 26.0 Å². The minimum atomic E-state index is -1.14. The Hall–Kier alpha value is -2.63. The van der Waals surface area contributed by atoms with Gasteiger partial charge in [-0.3, -0.25) is 4.79 Å². The Morgan fingerprint density at radius 3 is 2.00 bits per heavy atom. The van der Waals surface area contributed by atoms with Gasteiger partial charge in [0.1, 0.15) is 0 Å². The van der Waals surface area contributed by atoms with Gasteiger partial charge in [0.05, 0.1) is 5.56 Å². The molecule has 0 saturated heterocycles. The number of carbonyl (C=O) groups is 3. The summed E-state index contributed by atoms with van der Waals surface area (Å²) in [6, 6.07) is 6.06. The number of benzene rings is 1. The molecular formula is C14H15NO5. The Kier molecular flexibility index (Phi) is 5.02. The average Bonchev–Trinajstić information content (AvgIpc) is 2.43. The van der Waals surface area contributed by atoms with Crippen LogP contribution < -0.4 is 5.32 Å². The number of carboxylic acid groups (broad SMARTS) is 2. The monoisotopic (exact) mass is 277 g/mol. The van der Waals surface area contributed by atoms with Crippen molar-refractivity contribution in [1.82, 2.24) is 5.32 Å². The van der Waals surface area contributed by atoms with E-state index in [4.69, 9.17) is 10.2 Å². The number of hydrogen-bond acceptors (Lipinski definition) is 3. The van der Waals surface area contributed by atoms with E-state index in [2.05, 4.69) is 5.32 Å². The number of carbonyl (C=O) groups excluding carboxylic acids is 1. The van der Waals surface area contributed by atoms with Gasteiger partial charge in [0.15, 0.2) is 0 Å². The van der Waals surface area contributed by atoms with Crippen LogP contribution >= 0.6 is 0 Å². The molecule has 3 N–H and O–H groups in total. The van der Waals surface area contributed by atoms with Crippen molar-refractivity contribution in [2.24, 2.45) is 0 Å². The van der Waals surface area contributed by atoms with Gasteiger partial charge in [-0.2, -0.15) is 0 Å².